The first-order valence-corrected chi connectivity index (χ1v) is 9.83. The Hall–Kier alpha value is -1.79. The molecule has 0 aromatic rings. The first-order chi connectivity index (χ1) is 13.6. The lowest BCUT2D eigenvalue weighted by Gasteiger charge is -2.32. The first-order valence-electron chi connectivity index (χ1n) is 9.83. The van der Waals surface area contributed by atoms with Gasteiger partial charge < -0.3 is 41.3 Å². The Labute approximate surface area is 170 Å². The monoisotopic (exact) mass is 418 g/mol. The number of hydrogen-bond acceptors (Lipinski definition) is 8. The van der Waals surface area contributed by atoms with Crippen LogP contribution in [0.5, 0.6) is 0 Å². The van der Waals surface area contributed by atoms with Gasteiger partial charge in [0.2, 0.25) is 17.7 Å². The van der Waals surface area contributed by atoms with E-state index in [-0.39, 0.29) is 50.9 Å². The summed E-state index contributed by atoms with van der Waals surface area (Å²) in [5.41, 5.74) is 11.0. The summed E-state index contributed by atoms with van der Waals surface area (Å²) in [6.45, 7) is 1.95. The van der Waals surface area contributed by atoms with Gasteiger partial charge in [0.1, 0.15) is 18.3 Å². The number of primary amides is 1. The predicted octanol–water partition coefficient (Wildman–Crippen LogP) is -2.85. The molecule has 0 aliphatic carbocycles. The molecule has 1 aliphatic heterocycles. The molecular formula is C18H34N4O7. The lowest BCUT2D eigenvalue weighted by molar-refractivity contribution is -0.138. The minimum atomic E-state index is -1.47. The first kappa shape index (κ1) is 25.2. The molecule has 1 fully saturated rings. The Morgan fingerprint density at radius 2 is 1.72 bits per heavy atom. The molecule has 1 rings (SSSR count). The highest BCUT2D eigenvalue weighted by molar-refractivity contribution is 5.83. The summed E-state index contributed by atoms with van der Waals surface area (Å²) in [5, 5.41) is 30.1. The van der Waals surface area contributed by atoms with Crippen LogP contribution in [-0.2, 0) is 19.1 Å². The van der Waals surface area contributed by atoms with E-state index >= 15 is 0 Å². The van der Waals surface area contributed by atoms with E-state index in [0.29, 0.717) is 26.0 Å². The number of hydrogen-bond donors (Lipinski definition) is 5. The van der Waals surface area contributed by atoms with Gasteiger partial charge in [-0.2, -0.15) is 0 Å². The van der Waals surface area contributed by atoms with Crippen molar-refractivity contribution in [2.75, 3.05) is 39.4 Å². The molecule has 0 radical (unpaired) electrons. The van der Waals surface area contributed by atoms with Crippen LogP contribution in [0.25, 0.3) is 0 Å². The van der Waals surface area contributed by atoms with Gasteiger partial charge in [-0.3, -0.25) is 14.4 Å². The van der Waals surface area contributed by atoms with Gasteiger partial charge in [0.05, 0.1) is 12.6 Å². The molecule has 168 valence electrons. The van der Waals surface area contributed by atoms with E-state index in [2.05, 4.69) is 0 Å². The fourth-order valence-corrected chi connectivity index (χ4v) is 3.01. The largest absolute Gasteiger partial charge is 0.388 e. The zero-order valence-electron chi connectivity index (χ0n) is 16.9. The van der Waals surface area contributed by atoms with Crippen molar-refractivity contribution in [2.24, 2.45) is 11.5 Å². The Balaban J connectivity index is 2.86. The number of nitrogens with two attached hydrogens (primary N) is 2. The number of carbonyl (C=O) groups is 3. The maximum absolute atomic E-state index is 12.7. The van der Waals surface area contributed by atoms with Crippen LogP contribution in [0.15, 0.2) is 0 Å². The van der Waals surface area contributed by atoms with Crippen molar-refractivity contribution in [1.82, 2.24) is 9.80 Å². The SMILES string of the molecule is CC(=O)N1CCN(C(=O)[C@@H](N)CCC(N)=O)CCCCOC[C@@H](O)[C@H](O)[C@@H](O)C1. The Bertz CT molecular complexity index is 548. The normalized spacial score (nSPS) is 26.4. The highest BCUT2D eigenvalue weighted by Gasteiger charge is 2.29. The maximum atomic E-state index is 12.7. The third-order valence-corrected chi connectivity index (χ3v) is 4.87. The Morgan fingerprint density at radius 3 is 2.34 bits per heavy atom. The van der Waals surface area contributed by atoms with Gasteiger partial charge in [-0.05, 0) is 19.3 Å². The van der Waals surface area contributed by atoms with Crippen molar-refractivity contribution in [3.63, 3.8) is 0 Å². The standard InChI is InChI=1S/C18H34N4O7/c1-12(23)22-8-7-21(18(28)13(19)4-5-16(20)26)6-2-3-9-29-11-15(25)17(27)14(24)10-22/h13-15,17,24-25,27H,2-11,19H2,1H3,(H2,20,26)/t13-,14-,15+,17+/m0/s1. The zero-order chi connectivity index (χ0) is 22.0. The van der Waals surface area contributed by atoms with E-state index < -0.39 is 30.3 Å². The van der Waals surface area contributed by atoms with Crippen molar-refractivity contribution in [1.29, 1.82) is 0 Å². The van der Waals surface area contributed by atoms with Gasteiger partial charge in [-0.1, -0.05) is 0 Å². The number of carbonyl (C=O) groups excluding carboxylic acids is 3. The van der Waals surface area contributed by atoms with Gasteiger partial charge in [0, 0.05) is 46.1 Å². The van der Waals surface area contributed by atoms with Gasteiger partial charge in [0.25, 0.3) is 0 Å². The lowest BCUT2D eigenvalue weighted by Crippen LogP contribution is -2.51. The fraction of sp³-hybridized carbons (Fsp3) is 0.833. The molecule has 11 nitrogen and oxygen atoms in total. The number of nitrogens with zero attached hydrogens (tertiary/aromatic N) is 2. The average Bonchev–Trinajstić information content (AvgIpc) is 2.67. The molecule has 1 saturated heterocycles. The minimum Gasteiger partial charge on any atom is -0.388 e. The number of aliphatic hydroxyl groups excluding tert-OH is 3. The van der Waals surface area contributed by atoms with Crippen LogP contribution in [0.1, 0.15) is 32.6 Å². The number of aliphatic hydroxyl groups is 3. The molecule has 0 saturated carbocycles. The third-order valence-electron chi connectivity index (χ3n) is 4.87. The number of β-amino-alcohol motifs (C(OH)–C–C–N with tert-alkyl or cyclic N) is 1. The van der Waals surface area contributed by atoms with Crippen molar-refractivity contribution in [2.45, 2.75) is 57.0 Å². The summed E-state index contributed by atoms with van der Waals surface area (Å²) >= 11 is 0. The van der Waals surface area contributed by atoms with E-state index in [9.17, 15) is 29.7 Å². The van der Waals surface area contributed by atoms with Crippen molar-refractivity contribution in [3.05, 3.63) is 0 Å². The molecule has 0 bridgehead atoms. The van der Waals surface area contributed by atoms with E-state index in [1.807, 2.05) is 0 Å². The number of amides is 3. The van der Waals surface area contributed by atoms with E-state index in [1.54, 1.807) is 0 Å². The summed E-state index contributed by atoms with van der Waals surface area (Å²) in [6.07, 6.45) is -2.78. The van der Waals surface area contributed by atoms with Crippen LogP contribution < -0.4 is 11.5 Å². The third kappa shape index (κ3) is 9.05. The second-order valence-electron chi connectivity index (χ2n) is 7.31. The molecule has 7 N–H and O–H groups in total. The zero-order valence-corrected chi connectivity index (χ0v) is 16.9. The summed E-state index contributed by atoms with van der Waals surface area (Å²) in [6, 6.07) is -0.883. The van der Waals surface area contributed by atoms with Crippen LogP contribution in [0, 0.1) is 0 Å². The van der Waals surface area contributed by atoms with Crippen LogP contribution >= 0.6 is 0 Å². The molecule has 0 unspecified atom stereocenters. The molecule has 3 amide bonds. The van der Waals surface area contributed by atoms with Crippen molar-refractivity contribution in [3.8, 4) is 0 Å². The smallest absolute Gasteiger partial charge is 0.239 e. The second-order valence-corrected chi connectivity index (χ2v) is 7.31. The highest BCUT2D eigenvalue weighted by atomic mass is 16.5. The van der Waals surface area contributed by atoms with E-state index in [4.69, 9.17) is 16.2 Å². The van der Waals surface area contributed by atoms with Crippen LogP contribution in [0.2, 0.25) is 0 Å². The summed E-state index contributed by atoms with van der Waals surface area (Å²) < 4.78 is 5.31. The maximum Gasteiger partial charge on any atom is 0.239 e. The molecule has 0 aromatic heterocycles. The van der Waals surface area contributed by atoms with Crippen LogP contribution in [0.3, 0.4) is 0 Å². The van der Waals surface area contributed by atoms with Gasteiger partial charge in [0.15, 0.2) is 0 Å². The van der Waals surface area contributed by atoms with Gasteiger partial charge in [-0.15, -0.1) is 0 Å². The number of rotatable bonds is 4. The van der Waals surface area contributed by atoms with Crippen LogP contribution in [0.4, 0.5) is 0 Å². The predicted molar refractivity (Wildman–Crippen MR) is 103 cm³/mol. The molecule has 11 heteroatoms. The minimum absolute atomic E-state index is 0.000560. The Kier molecular flexibility index (Phi) is 11.1. The summed E-state index contributed by atoms with van der Waals surface area (Å²) in [4.78, 5) is 38.4. The molecule has 0 aromatic carbocycles. The van der Waals surface area contributed by atoms with Gasteiger partial charge in [-0.25, -0.2) is 0 Å². The molecule has 1 aliphatic rings. The quantitative estimate of drug-likeness (QED) is 0.323. The molecule has 4 atom stereocenters. The van der Waals surface area contributed by atoms with E-state index in [1.165, 1.54) is 16.7 Å². The van der Waals surface area contributed by atoms with Gasteiger partial charge >= 0.3 is 0 Å². The molecular weight excluding hydrogens is 384 g/mol. The number of ether oxygens (including phenoxy) is 1. The Morgan fingerprint density at radius 1 is 1.07 bits per heavy atom. The lowest BCUT2D eigenvalue weighted by atomic mass is 10.1. The fourth-order valence-electron chi connectivity index (χ4n) is 3.01. The summed E-state index contributed by atoms with van der Waals surface area (Å²) in [7, 11) is 0. The highest BCUT2D eigenvalue weighted by Crippen LogP contribution is 2.09. The summed E-state index contributed by atoms with van der Waals surface area (Å²) in [5.74, 6) is -1.23. The molecule has 0 spiro atoms. The average molecular weight is 418 g/mol. The van der Waals surface area contributed by atoms with Crippen molar-refractivity contribution >= 4 is 17.7 Å². The van der Waals surface area contributed by atoms with Crippen molar-refractivity contribution < 1.29 is 34.4 Å². The molecule has 29 heavy (non-hydrogen) atoms. The molecule has 1 heterocycles. The van der Waals surface area contributed by atoms with Crippen LogP contribution in [-0.4, -0.2) is 107 Å². The van der Waals surface area contributed by atoms with E-state index in [0.717, 1.165) is 0 Å². The second kappa shape index (κ2) is 12.7. The topological polar surface area (TPSA) is 180 Å².